The Labute approximate surface area is 133 Å². The van der Waals surface area contributed by atoms with E-state index in [2.05, 4.69) is 36.8 Å². The molecule has 0 fully saturated rings. The van der Waals surface area contributed by atoms with E-state index in [1.54, 1.807) is 0 Å². The van der Waals surface area contributed by atoms with E-state index in [0.717, 1.165) is 34.6 Å². The fourth-order valence-corrected chi connectivity index (χ4v) is 2.10. The van der Waals surface area contributed by atoms with Gasteiger partial charge in [0.05, 0.1) is 18.9 Å². The molecule has 1 aliphatic rings. The zero-order chi connectivity index (χ0) is 13.7. The van der Waals surface area contributed by atoms with Crippen LogP contribution in [0.15, 0.2) is 32.8 Å². The quantitative estimate of drug-likeness (QED) is 0.640. The van der Waals surface area contributed by atoms with Crippen LogP contribution in [0.3, 0.4) is 0 Å². The molecule has 20 heavy (non-hydrogen) atoms. The molecule has 0 radical (unpaired) electrons. The van der Waals surface area contributed by atoms with E-state index in [1.165, 1.54) is 0 Å². The minimum absolute atomic E-state index is 0. The van der Waals surface area contributed by atoms with Crippen molar-refractivity contribution in [3.05, 3.63) is 28.2 Å². The third-order valence-corrected chi connectivity index (χ3v) is 3.13. The Morgan fingerprint density at radius 3 is 3.00 bits per heavy atom. The second-order valence-corrected chi connectivity index (χ2v) is 4.96. The SMILES string of the molecule is CCOc1ccc(Br)cc1/C(C)=N\NC1=NCCN1.Cl. The fourth-order valence-electron chi connectivity index (χ4n) is 1.74. The molecular formula is C13H18BrClN4O. The van der Waals surface area contributed by atoms with Gasteiger partial charge in [-0.1, -0.05) is 15.9 Å². The second-order valence-electron chi connectivity index (χ2n) is 4.04. The van der Waals surface area contributed by atoms with E-state index in [9.17, 15) is 0 Å². The van der Waals surface area contributed by atoms with E-state index in [-0.39, 0.29) is 12.4 Å². The van der Waals surface area contributed by atoms with Crippen LogP contribution in [0, 0.1) is 0 Å². The first-order valence-electron chi connectivity index (χ1n) is 6.22. The maximum absolute atomic E-state index is 5.61. The van der Waals surface area contributed by atoms with Crippen molar-refractivity contribution in [2.75, 3.05) is 19.7 Å². The Balaban J connectivity index is 0.00000200. The van der Waals surface area contributed by atoms with Crippen molar-refractivity contribution in [2.24, 2.45) is 10.1 Å². The second kappa shape index (κ2) is 8.11. The molecule has 0 amide bonds. The van der Waals surface area contributed by atoms with Gasteiger partial charge in [-0.2, -0.15) is 5.10 Å². The van der Waals surface area contributed by atoms with E-state index in [4.69, 9.17) is 4.74 Å². The van der Waals surface area contributed by atoms with Crippen LogP contribution in [-0.2, 0) is 0 Å². The lowest BCUT2D eigenvalue weighted by Gasteiger charge is -2.10. The Morgan fingerprint density at radius 1 is 1.55 bits per heavy atom. The largest absolute Gasteiger partial charge is 0.493 e. The summed E-state index contributed by atoms with van der Waals surface area (Å²) in [6, 6.07) is 5.89. The van der Waals surface area contributed by atoms with Crippen molar-refractivity contribution in [1.82, 2.24) is 10.7 Å². The van der Waals surface area contributed by atoms with Crippen molar-refractivity contribution >= 4 is 40.0 Å². The molecule has 0 spiro atoms. The number of hydrogen-bond acceptors (Lipinski definition) is 5. The summed E-state index contributed by atoms with van der Waals surface area (Å²) in [5, 5.41) is 7.44. The van der Waals surface area contributed by atoms with Gasteiger partial charge in [0.15, 0.2) is 0 Å². The van der Waals surface area contributed by atoms with Crippen LogP contribution in [0.2, 0.25) is 0 Å². The van der Waals surface area contributed by atoms with E-state index in [0.29, 0.717) is 12.6 Å². The number of ether oxygens (including phenoxy) is 1. The summed E-state index contributed by atoms with van der Waals surface area (Å²) in [6.07, 6.45) is 0. The number of hydrogen-bond donors (Lipinski definition) is 2. The topological polar surface area (TPSA) is 58.0 Å². The molecule has 0 unspecified atom stereocenters. The molecule has 5 nitrogen and oxygen atoms in total. The minimum Gasteiger partial charge on any atom is -0.493 e. The third kappa shape index (κ3) is 4.38. The maximum Gasteiger partial charge on any atom is 0.212 e. The Hall–Kier alpha value is -1.27. The molecule has 0 saturated carbocycles. The summed E-state index contributed by atoms with van der Waals surface area (Å²) < 4.78 is 6.61. The highest BCUT2D eigenvalue weighted by Gasteiger charge is 2.09. The zero-order valence-corrected chi connectivity index (χ0v) is 13.8. The molecule has 1 aliphatic heterocycles. The van der Waals surface area contributed by atoms with Crippen molar-refractivity contribution < 1.29 is 4.74 Å². The first-order chi connectivity index (χ1) is 9.20. The number of aliphatic imine (C=N–C) groups is 1. The van der Waals surface area contributed by atoms with Crippen LogP contribution in [0.1, 0.15) is 19.4 Å². The van der Waals surface area contributed by atoms with Crippen LogP contribution in [0.4, 0.5) is 0 Å². The van der Waals surface area contributed by atoms with Gasteiger partial charge < -0.3 is 10.1 Å². The lowest BCUT2D eigenvalue weighted by Crippen LogP contribution is -2.30. The first-order valence-corrected chi connectivity index (χ1v) is 7.01. The number of guanidine groups is 1. The smallest absolute Gasteiger partial charge is 0.212 e. The zero-order valence-electron chi connectivity index (χ0n) is 11.4. The number of rotatable bonds is 4. The highest BCUT2D eigenvalue weighted by molar-refractivity contribution is 9.10. The molecule has 0 saturated heterocycles. The number of hydrazone groups is 1. The van der Waals surface area contributed by atoms with E-state index in [1.807, 2.05) is 32.0 Å². The molecule has 1 aromatic carbocycles. The summed E-state index contributed by atoms with van der Waals surface area (Å²) in [7, 11) is 0. The van der Waals surface area contributed by atoms with Gasteiger partial charge >= 0.3 is 0 Å². The summed E-state index contributed by atoms with van der Waals surface area (Å²) in [5.41, 5.74) is 4.73. The third-order valence-electron chi connectivity index (χ3n) is 2.63. The predicted molar refractivity (Wildman–Crippen MR) is 88.2 cm³/mol. The number of halogens is 2. The van der Waals surface area contributed by atoms with E-state index < -0.39 is 0 Å². The number of nitrogens with zero attached hydrogens (tertiary/aromatic N) is 2. The van der Waals surface area contributed by atoms with Gasteiger partial charge in [-0.25, -0.2) is 10.4 Å². The summed E-state index contributed by atoms with van der Waals surface area (Å²) in [6.45, 7) is 6.18. The van der Waals surface area contributed by atoms with Gasteiger partial charge in [0.2, 0.25) is 5.96 Å². The molecule has 0 aromatic heterocycles. The standard InChI is InChI=1S/C13H17BrN4O.ClH/c1-3-19-12-5-4-10(14)8-11(12)9(2)17-18-13-15-6-7-16-13;/h4-5,8H,3,6-7H2,1-2H3,(H2,15,16,18);1H/b17-9-;. The lowest BCUT2D eigenvalue weighted by molar-refractivity contribution is 0.339. The van der Waals surface area contributed by atoms with Gasteiger partial charge in [-0.15, -0.1) is 12.4 Å². The molecular weight excluding hydrogens is 344 g/mol. The molecule has 0 aliphatic carbocycles. The molecule has 1 heterocycles. The van der Waals surface area contributed by atoms with Crippen LogP contribution >= 0.6 is 28.3 Å². The molecule has 0 bridgehead atoms. The summed E-state index contributed by atoms with van der Waals surface area (Å²) in [5.74, 6) is 1.54. The summed E-state index contributed by atoms with van der Waals surface area (Å²) >= 11 is 3.47. The van der Waals surface area contributed by atoms with Gasteiger partial charge in [-0.05, 0) is 32.0 Å². The predicted octanol–water partition coefficient (Wildman–Crippen LogP) is 2.54. The highest BCUT2D eigenvalue weighted by Crippen LogP contribution is 2.23. The van der Waals surface area contributed by atoms with Crippen molar-refractivity contribution in [1.29, 1.82) is 0 Å². The molecule has 110 valence electrons. The minimum atomic E-state index is 0. The Kier molecular flexibility index (Phi) is 6.81. The average Bonchev–Trinajstić information content (AvgIpc) is 2.91. The normalized spacial score (nSPS) is 14.2. The molecule has 7 heteroatoms. The summed E-state index contributed by atoms with van der Waals surface area (Å²) in [4.78, 5) is 4.22. The van der Waals surface area contributed by atoms with E-state index >= 15 is 0 Å². The molecule has 1 aromatic rings. The van der Waals surface area contributed by atoms with Crippen LogP contribution in [0.5, 0.6) is 5.75 Å². The molecule has 0 atom stereocenters. The Bertz CT molecular complexity index is 519. The Morgan fingerprint density at radius 2 is 2.35 bits per heavy atom. The fraction of sp³-hybridized carbons (Fsp3) is 0.385. The lowest BCUT2D eigenvalue weighted by atomic mass is 10.1. The maximum atomic E-state index is 5.61. The monoisotopic (exact) mass is 360 g/mol. The first kappa shape index (κ1) is 16.8. The van der Waals surface area contributed by atoms with Gasteiger partial charge in [0, 0.05) is 16.6 Å². The van der Waals surface area contributed by atoms with Crippen molar-refractivity contribution in [3.63, 3.8) is 0 Å². The van der Waals surface area contributed by atoms with Crippen LogP contribution < -0.4 is 15.5 Å². The van der Waals surface area contributed by atoms with Crippen LogP contribution in [0.25, 0.3) is 0 Å². The van der Waals surface area contributed by atoms with Gasteiger partial charge in [0.1, 0.15) is 5.75 Å². The van der Waals surface area contributed by atoms with Crippen molar-refractivity contribution in [3.8, 4) is 5.75 Å². The van der Waals surface area contributed by atoms with Gasteiger partial charge in [-0.3, -0.25) is 0 Å². The van der Waals surface area contributed by atoms with Crippen LogP contribution in [-0.4, -0.2) is 31.4 Å². The number of nitrogens with one attached hydrogen (secondary N) is 2. The molecule has 2 N–H and O–H groups in total. The van der Waals surface area contributed by atoms with Gasteiger partial charge in [0.25, 0.3) is 0 Å². The molecule has 2 rings (SSSR count). The number of benzene rings is 1. The highest BCUT2D eigenvalue weighted by atomic mass is 79.9. The average molecular weight is 362 g/mol. The van der Waals surface area contributed by atoms with Crippen molar-refractivity contribution in [2.45, 2.75) is 13.8 Å².